The third-order valence-corrected chi connectivity index (χ3v) is 37.0. The number of benzene rings is 4. The summed E-state index contributed by atoms with van der Waals surface area (Å²) < 4.78 is 0.843. The maximum absolute atomic E-state index is 9.15. The van der Waals surface area contributed by atoms with E-state index in [1.165, 1.54) is 111 Å². The van der Waals surface area contributed by atoms with E-state index in [1.54, 1.807) is 0 Å². The normalized spacial score (nSPS) is 17.5. The first-order valence-electron chi connectivity index (χ1n) is 25.4. The SMILES string of the molecule is CCCCC1=Cc2c(-c3cc(C(C)(C)C)cc(C(C)(C)C)c3)c(C)c(C)c(C)c2[CH]1[Zr]([Cl])([Cl])([CH2]C)[CH]1C(CCCC)=Cc2c(-c3cc(C(C)(C)C)cc(C(C)(C)C)c3)c(C)c(C)c(C)c21. The van der Waals surface area contributed by atoms with Crippen molar-refractivity contribution < 1.29 is 16.4 Å². The summed E-state index contributed by atoms with van der Waals surface area (Å²) in [7, 11) is 18.3. The van der Waals surface area contributed by atoms with E-state index in [9.17, 15) is 0 Å². The molecule has 0 amide bonds. The van der Waals surface area contributed by atoms with Crippen molar-refractivity contribution >= 4 is 29.2 Å². The van der Waals surface area contributed by atoms with Gasteiger partial charge in [0.25, 0.3) is 0 Å². The van der Waals surface area contributed by atoms with Crippen LogP contribution in [0.4, 0.5) is 0 Å². The summed E-state index contributed by atoms with van der Waals surface area (Å²) in [6, 6.07) is 14.9. The monoisotopic (exact) mass is 992 g/mol. The van der Waals surface area contributed by atoms with E-state index in [1.807, 2.05) is 0 Å². The zero-order chi connectivity index (χ0) is 48.8. The molecule has 353 valence electrons. The third-order valence-electron chi connectivity index (χ3n) is 16.3. The van der Waals surface area contributed by atoms with Crippen molar-refractivity contribution in [2.75, 3.05) is 0 Å². The Kier molecular flexibility index (Phi) is 14.4. The fourth-order valence-corrected chi connectivity index (χ4v) is 29.8. The van der Waals surface area contributed by atoms with E-state index in [0.29, 0.717) is 0 Å². The molecule has 3 heteroatoms. The number of allylic oxidation sites excluding steroid dienone is 2. The molecule has 0 spiro atoms. The Balaban J connectivity index is 1.74. The topological polar surface area (TPSA) is 0 Å². The van der Waals surface area contributed by atoms with Crippen LogP contribution >= 0.6 is 17.0 Å². The first-order valence-corrected chi connectivity index (χ1v) is 36.3. The Morgan fingerprint density at radius 2 is 0.723 bits per heavy atom. The minimum atomic E-state index is -5.22. The van der Waals surface area contributed by atoms with Crippen LogP contribution in [0.1, 0.15) is 228 Å². The van der Waals surface area contributed by atoms with Gasteiger partial charge in [-0.3, -0.25) is 0 Å². The summed E-state index contributed by atoms with van der Waals surface area (Å²) in [5.41, 5.74) is 27.9. The predicted octanol–water partition coefficient (Wildman–Crippen LogP) is 20.5. The Morgan fingerprint density at radius 3 is 0.969 bits per heavy atom. The maximum atomic E-state index is 9.15. The van der Waals surface area contributed by atoms with Crippen molar-refractivity contribution in [3.8, 4) is 22.3 Å². The van der Waals surface area contributed by atoms with Crippen LogP contribution in [0.15, 0.2) is 47.5 Å². The molecule has 0 N–H and O–H groups in total. The molecule has 2 aliphatic rings. The van der Waals surface area contributed by atoms with E-state index in [0.717, 1.165) is 42.7 Å². The van der Waals surface area contributed by atoms with E-state index in [-0.39, 0.29) is 28.9 Å². The molecule has 0 bridgehead atoms. The number of hydrogen-bond acceptors (Lipinski definition) is 0. The van der Waals surface area contributed by atoms with Crippen molar-refractivity contribution in [3.63, 3.8) is 0 Å². The number of unbranched alkanes of at least 4 members (excludes halogenated alkanes) is 2. The molecule has 2 unspecified atom stereocenters. The molecule has 4 aromatic carbocycles. The van der Waals surface area contributed by atoms with Gasteiger partial charge in [-0.2, -0.15) is 0 Å². The summed E-state index contributed by atoms with van der Waals surface area (Å²) in [6.07, 6.45) is 11.8. The molecular weight excluding hydrogens is 907 g/mol. The summed E-state index contributed by atoms with van der Waals surface area (Å²) >= 11 is -5.22. The van der Waals surface area contributed by atoms with Crippen LogP contribution < -0.4 is 0 Å². The molecule has 0 fully saturated rings. The summed E-state index contributed by atoms with van der Waals surface area (Å²) in [5, 5.41) is 0. The summed E-state index contributed by atoms with van der Waals surface area (Å²) in [5.74, 6) is 0. The zero-order valence-electron chi connectivity index (χ0n) is 45.0. The zero-order valence-corrected chi connectivity index (χ0v) is 48.9. The first-order chi connectivity index (χ1) is 29.8. The third kappa shape index (κ3) is 9.35. The van der Waals surface area contributed by atoms with E-state index in [4.69, 9.17) is 17.0 Å². The molecule has 0 heterocycles. The second-order valence-electron chi connectivity index (χ2n) is 25.0. The van der Waals surface area contributed by atoms with E-state index < -0.39 is 16.4 Å². The Hall–Kier alpha value is -2.18. The number of fused-ring (bicyclic) bond motifs is 2. The van der Waals surface area contributed by atoms with E-state index >= 15 is 0 Å². The molecule has 6 rings (SSSR count). The fourth-order valence-electron chi connectivity index (χ4n) is 11.5. The number of halogens is 2. The molecule has 0 nitrogen and oxygen atoms in total. The Labute approximate surface area is 407 Å². The van der Waals surface area contributed by atoms with Gasteiger partial charge in [0.1, 0.15) is 0 Å². The molecule has 0 saturated carbocycles. The Morgan fingerprint density at radius 1 is 0.431 bits per heavy atom. The predicted molar refractivity (Wildman–Crippen MR) is 290 cm³/mol. The molecule has 2 aliphatic carbocycles. The van der Waals surface area contributed by atoms with Crippen molar-refractivity contribution in [1.29, 1.82) is 0 Å². The average Bonchev–Trinajstić information content (AvgIpc) is 3.80. The molecule has 2 atom stereocenters. The number of rotatable bonds is 11. The molecule has 0 saturated heterocycles. The van der Waals surface area contributed by atoms with Gasteiger partial charge >= 0.3 is 410 Å². The minimum absolute atomic E-state index is 0.00822. The molecule has 65 heavy (non-hydrogen) atoms. The molecular formula is C62H87Cl2Zr. The molecule has 4 aromatic rings. The van der Waals surface area contributed by atoms with Gasteiger partial charge in [-0.1, -0.05) is 0 Å². The Bertz CT molecular complexity index is 2340. The van der Waals surface area contributed by atoms with Crippen LogP contribution in [0, 0.1) is 41.5 Å². The second kappa shape index (κ2) is 18.0. The van der Waals surface area contributed by atoms with Crippen molar-refractivity contribution in [1.82, 2.24) is 0 Å². The van der Waals surface area contributed by atoms with Crippen molar-refractivity contribution in [2.45, 2.75) is 217 Å². The quantitative estimate of drug-likeness (QED) is 0.140. The van der Waals surface area contributed by atoms with E-state index in [2.05, 4.69) is 194 Å². The van der Waals surface area contributed by atoms with Crippen LogP contribution in [0.5, 0.6) is 0 Å². The summed E-state index contributed by atoms with van der Waals surface area (Å²) in [4.78, 5) is 0. The van der Waals surface area contributed by atoms with Gasteiger partial charge in [-0.25, -0.2) is 0 Å². The van der Waals surface area contributed by atoms with Gasteiger partial charge < -0.3 is 0 Å². The van der Waals surface area contributed by atoms with Gasteiger partial charge in [0.05, 0.1) is 0 Å². The first kappa shape index (κ1) is 52.2. The van der Waals surface area contributed by atoms with Gasteiger partial charge in [0, 0.05) is 0 Å². The van der Waals surface area contributed by atoms with Gasteiger partial charge in [-0.05, 0) is 0 Å². The van der Waals surface area contributed by atoms with Crippen LogP contribution in [0.25, 0.3) is 34.4 Å². The molecule has 0 aromatic heterocycles. The van der Waals surface area contributed by atoms with Crippen molar-refractivity contribution in [3.05, 3.63) is 125 Å². The van der Waals surface area contributed by atoms with Crippen LogP contribution in [0.3, 0.4) is 0 Å². The molecule has 0 radical (unpaired) electrons. The van der Waals surface area contributed by atoms with Crippen molar-refractivity contribution in [2.24, 2.45) is 0 Å². The van der Waals surface area contributed by atoms with Crippen LogP contribution in [0.2, 0.25) is 4.13 Å². The number of hydrogen-bond donors (Lipinski definition) is 0. The van der Waals surface area contributed by atoms with Crippen LogP contribution in [-0.2, 0) is 38.1 Å². The average molecular weight is 995 g/mol. The fraction of sp³-hybridized carbons (Fsp3) is 0.548. The summed E-state index contributed by atoms with van der Waals surface area (Å²) in [6.45, 7) is 49.5. The van der Waals surface area contributed by atoms with Gasteiger partial charge in [0.2, 0.25) is 0 Å². The second-order valence-corrected chi connectivity index (χ2v) is 47.9. The standard InChI is InChI=1S/2C30H41.C2H5.2ClH.Zr/c2*1-11-12-13-22-14-26-20(3)19(2)21(4)28(27(26)15-22)23-16-24(29(5,6)7)18-25(17-23)30(8,9)10;1-2;;;/h2*14-18H,11-13H2,1-10H3;1H2,2H3;2*1H;/q;;;;;+2/p-2. The van der Waals surface area contributed by atoms with Gasteiger partial charge in [0.15, 0.2) is 0 Å². The van der Waals surface area contributed by atoms with Gasteiger partial charge in [-0.15, -0.1) is 0 Å². The molecule has 0 aliphatic heterocycles. The van der Waals surface area contributed by atoms with Crippen LogP contribution in [-0.4, -0.2) is 0 Å².